The van der Waals surface area contributed by atoms with Gasteiger partial charge in [-0.25, -0.2) is 4.90 Å². The van der Waals surface area contributed by atoms with Crippen molar-refractivity contribution in [3.05, 3.63) is 65.4 Å². The van der Waals surface area contributed by atoms with E-state index in [0.717, 1.165) is 37.9 Å². The summed E-state index contributed by atoms with van der Waals surface area (Å²) in [5, 5.41) is 0. The van der Waals surface area contributed by atoms with Gasteiger partial charge in [0.25, 0.3) is 11.8 Å². The molecule has 0 atom stereocenters. The lowest BCUT2D eigenvalue weighted by molar-refractivity contribution is -0.120. The summed E-state index contributed by atoms with van der Waals surface area (Å²) in [6, 6.07) is 15.2. The second kappa shape index (κ2) is 8.22. The molecular weight excluding hydrogens is 388 g/mol. The van der Waals surface area contributed by atoms with Crippen LogP contribution in [0.4, 0.5) is 5.69 Å². The molecule has 2 aliphatic heterocycles. The zero-order valence-electron chi connectivity index (χ0n) is 18.8. The van der Waals surface area contributed by atoms with Crippen LogP contribution in [0.3, 0.4) is 0 Å². The fourth-order valence-electron chi connectivity index (χ4n) is 4.37. The number of rotatable bonds is 4. The minimum atomic E-state index is -0.293. The summed E-state index contributed by atoms with van der Waals surface area (Å²) in [5.41, 5.74) is 3.35. The van der Waals surface area contributed by atoms with Crippen molar-refractivity contribution < 1.29 is 14.3 Å². The lowest BCUT2D eigenvalue weighted by Crippen LogP contribution is -2.37. The molecule has 0 spiro atoms. The van der Waals surface area contributed by atoms with Gasteiger partial charge in [0.15, 0.2) is 0 Å². The van der Waals surface area contributed by atoms with E-state index >= 15 is 0 Å². The standard InChI is InChI=1S/C26H30N2O3/c1-26(2,3)18-12-14-19(15-13-18)28-24(29)22(20-10-6-7-11-21(20)31-4)23(25(28)30)27-16-8-5-9-17-27/h6-7,10-15H,5,8-9,16-17H2,1-4H3. The first-order valence-electron chi connectivity index (χ1n) is 10.9. The van der Waals surface area contributed by atoms with E-state index in [9.17, 15) is 9.59 Å². The van der Waals surface area contributed by atoms with Crippen LogP contribution in [0.15, 0.2) is 54.2 Å². The highest BCUT2D eigenvalue weighted by atomic mass is 16.5. The highest BCUT2D eigenvalue weighted by molar-refractivity contribution is 6.45. The number of para-hydroxylation sites is 1. The topological polar surface area (TPSA) is 49.9 Å². The molecule has 4 rings (SSSR count). The fraction of sp³-hybridized carbons (Fsp3) is 0.385. The van der Waals surface area contributed by atoms with Crippen molar-refractivity contribution in [1.29, 1.82) is 0 Å². The molecule has 2 aromatic rings. The summed E-state index contributed by atoms with van der Waals surface area (Å²) in [6.45, 7) is 7.99. The van der Waals surface area contributed by atoms with Crippen molar-refractivity contribution in [3.63, 3.8) is 0 Å². The van der Waals surface area contributed by atoms with Gasteiger partial charge in [0.1, 0.15) is 11.4 Å². The molecule has 0 saturated carbocycles. The number of anilines is 1. The number of nitrogens with zero attached hydrogens (tertiary/aromatic N) is 2. The molecule has 1 fully saturated rings. The lowest BCUT2D eigenvalue weighted by Gasteiger charge is -2.29. The van der Waals surface area contributed by atoms with E-state index < -0.39 is 0 Å². The average Bonchev–Trinajstić information content (AvgIpc) is 3.03. The Kier molecular flexibility index (Phi) is 5.61. The maximum Gasteiger partial charge on any atom is 0.282 e. The Labute approximate surface area is 184 Å². The number of benzene rings is 2. The quantitative estimate of drug-likeness (QED) is 0.672. The third-order valence-electron chi connectivity index (χ3n) is 6.10. The van der Waals surface area contributed by atoms with Crippen LogP contribution in [-0.2, 0) is 15.0 Å². The smallest absolute Gasteiger partial charge is 0.282 e. The molecule has 0 unspecified atom stereocenters. The number of likely N-dealkylation sites (tertiary alicyclic amines) is 1. The average molecular weight is 419 g/mol. The zero-order valence-corrected chi connectivity index (χ0v) is 18.8. The van der Waals surface area contributed by atoms with Gasteiger partial charge in [-0.3, -0.25) is 9.59 Å². The van der Waals surface area contributed by atoms with Gasteiger partial charge in [0.05, 0.1) is 18.4 Å². The van der Waals surface area contributed by atoms with E-state index in [2.05, 4.69) is 25.7 Å². The maximum atomic E-state index is 13.7. The minimum Gasteiger partial charge on any atom is -0.496 e. The third-order valence-corrected chi connectivity index (χ3v) is 6.10. The summed E-state index contributed by atoms with van der Waals surface area (Å²) in [4.78, 5) is 30.7. The predicted molar refractivity (Wildman–Crippen MR) is 123 cm³/mol. The van der Waals surface area contributed by atoms with Gasteiger partial charge in [-0.15, -0.1) is 0 Å². The van der Waals surface area contributed by atoms with E-state index in [1.807, 2.05) is 48.5 Å². The first-order valence-corrected chi connectivity index (χ1v) is 10.9. The van der Waals surface area contributed by atoms with Crippen LogP contribution in [0.1, 0.15) is 51.2 Å². The number of amides is 2. The van der Waals surface area contributed by atoms with E-state index in [-0.39, 0.29) is 17.2 Å². The number of hydrogen-bond acceptors (Lipinski definition) is 4. The Morgan fingerprint density at radius 2 is 1.48 bits per heavy atom. The molecule has 5 nitrogen and oxygen atoms in total. The second-order valence-corrected chi connectivity index (χ2v) is 9.21. The second-order valence-electron chi connectivity index (χ2n) is 9.21. The number of hydrogen-bond donors (Lipinski definition) is 0. The van der Waals surface area contributed by atoms with Crippen LogP contribution >= 0.6 is 0 Å². The van der Waals surface area contributed by atoms with Crippen LogP contribution in [0.5, 0.6) is 5.75 Å². The molecule has 1 saturated heterocycles. The van der Waals surface area contributed by atoms with Crippen molar-refractivity contribution in [3.8, 4) is 5.75 Å². The van der Waals surface area contributed by atoms with Gasteiger partial charge in [0.2, 0.25) is 0 Å². The molecule has 0 aliphatic carbocycles. The number of ether oxygens (including phenoxy) is 1. The Morgan fingerprint density at radius 1 is 0.839 bits per heavy atom. The van der Waals surface area contributed by atoms with Crippen LogP contribution in [0.25, 0.3) is 5.57 Å². The molecule has 2 aliphatic rings. The predicted octanol–water partition coefficient (Wildman–Crippen LogP) is 4.76. The van der Waals surface area contributed by atoms with E-state index in [1.54, 1.807) is 7.11 Å². The van der Waals surface area contributed by atoms with Crippen molar-refractivity contribution in [2.24, 2.45) is 0 Å². The van der Waals surface area contributed by atoms with Gasteiger partial charge in [-0.05, 0) is 48.4 Å². The van der Waals surface area contributed by atoms with Crippen molar-refractivity contribution in [2.45, 2.75) is 45.4 Å². The molecule has 0 bridgehead atoms. The maximum absolute atomic E-state index is 13.7. The van der Waals surface area contributed by atoms with Crippen molar-refractivity contribution in [1.82, 2.24) is 4.90 Å². The minimum absolute atomic E-state index is 0.00265. The first kappa shape index (κ1) is 21.2. The van der Waals surface area contributed by atoms with Crippen LogP contribution in [-0.4, -0.2) is 36.9 Å². The van der Waals surface area contributed by atoms with Gasteiger partial charge < -0.3 is 9.64 Å². The molecule has 5 heteroatoms. The summed E-state index contributed by atoms with van der Waals surface area (Å²) in [6.07, 6.45) is 3.18. The number of carbonyl (C=O) groups excluding carboxylic acids is 2. The Hall–Kier alpha value is -3.08. The van der Waals surface area contributed by atoms with Crippen molar-refractivity contribution in [2.75, 3.05) is 25.1 Å². The number of carbonyl (C=O) groups is 2. The molecule has 0 aromatic heterocycles. The van der Waals surface area contributed by atoms with E-state index in [0.29, 0.717) is 28.3 Å². The van der Waals surface area contributed by atoms with Gasteiger partial charge >= 0.3 is 0 Å². The Balaban J connectivity index is 1.81. The van der Waals surface area contributed by atoms with Crippen LogP contribution in [0, 0.1) is 0 Å². The van der Waals surface area contributed by atoms with Crippen LogP contribution in [0.2, 0.25) is 0 Å². The van der Waals surface area contributed by atoms with E-state index in [4.69, 9.17) is 4.74 Å². The molecule has 31 heavy (non-hydrogen) atoms. The normalized spacial score (nSPS) is 17.5. The van der Waals surface area contributed by atoms with E-state index in [1.165, 1.54) is 4.90 Å². The molecule has 2 heterocycles. The summed E-state index contributed by atoms with van der Waals surface area (Å²) >= 11 is 0. The monoisotopic (exact) mass is 418 g/mol. The summed E-state index contributed by atoms with van der Waals surface area (Å²) < 4.78 is 5.54. The van der Waals surface area contributed by atoms with Crippen LogP contribution < -0.4 is 9.64 Å². The zero-order chi connectivity index (χ0) is 22.2. The number of methoxy groups -OCH3 is 1. The Bertz CT molecular complexity index is 1030. The molecule has 2 aromatic carbocycles. The highest BCUT2D eigenvalue weighted by Gasteiger charge is 2.43. The molecule has 0 radical (unpaired) electrons. The third kappa shape index (κ3) is 3.85. The fourth-order valence-corrected chi connectivity index (χ4v) is 4.37. The number of piperidine rings is 1. The lowest BCUT2D eigenvalue weighted by atomic mass is 9.87. The largest absolute Gasteiger partial charge is 0.496 e. The number of imide groups is 1. The van der Waals surface area contributed by atoms with Gasteiger partial charge in [-0.2, -0.15) is 0 Å². The Morgan fingerprint density at radius 3 is 2.10 bits per heavy atom. The molecule has 0 N–H and O–H groups in total. The van der Waals surface area contributed by atoms with Gasteiger partial charge in [0, 0.05) is 18.7 Å². The van der Waals surface area contributed by atoms with Gasteiger partial charge in [-0.1, -0.05) is 51.1 Å². The highest BCUT2D eigenvalue weighted by Crippen LogP contribution is 2.39. The van der Waals surface area contributed by atoms with Crippen molar-refractivity contribution >= 4 is 23.1 Å². The first-order chi connectivity index (χ1) is 14.8. The summed E-state index contributed by atoms with van der Waals surface area (Å²) in [7, 11) is 1.59. The summed E-state index contributed by atoms with van der Waals surface area (Å²) in [5.74, 6) is 0.0491. The molecular formula is C26H30N2O3. The molecule has 2 amide bonds. The molecule has 162 valence electrons. The SMILES string of the molecule is COc1ccccc1C1=C(N2CCCCC2)C(=O)N(c2ccc(C(C)(C)C)cc2)C1=O.